The fourth-order valence-electron chi connectivity index (χ4n) is 1.76. The fourth-order valence-corrected chi connectivity index (χ4v) is 2.34. The van der Waals surface area contributed by atoms with Gasteiger partial charge in [-0.25, -0.2) is 0 Å². The molecule has 1 atom stereocenters. The first-order chi connectivity index (χ1) is 7.34. The quantitative estimate of drug-likeness (QED) is 0.814. The van der Waals surface area contributed by atoms with Crippen molar-refractivity contribution in [1.29, 1.82) is 0 Å². The van der Waals surface area contributed by atoms with E-state index >= 15 is 0 Å². The molecule has 84 valence electrons. The van der Waals surface area contributed by atoms with Crippen molar-refractivity contribution in [3.8, 4) is 0 Å². The van der Waals surface area contributed by atoms with Gasteiger partial charge in [0.1, 0.15) is 0 Å². The molecular formula is C10H16N2O2S. The zero-order chi connectivity index (χ0) is 10.5. The normalized spacial score (nSPS) is 22.5. The lowest BCUT2D eigenvalue weighted by atomic mass is 10.1. The summed E-state index contributed by atoms with van der Waals surface area (Å²) in [5.41, 5.74) is 0.982. The highest BCUT2D eigenvalue weighted by atomic mass is 32.1. The van der Waals surface area contributed by atoms with Gasteiger partial charge in [0.15, 0.2) is 0 Å². The highest BCUT2D eigenvalue weighted by Crippen LogP contribution is 2.08. The molecule has 1 fully saturated rings. The van der Waals surface area contributed by atoms with Crippen LogP contribution in [0, 0.1) is 0 Å². The minimum absolute atomic E-state index is 0.0241. The van der Waals surface area contributed by atoms with Crippen LogP contribution in [0.3, 0.4) is 0 Å². The van der Waals surface area contributed by atoms with Gasteiger partial charge in [0.05, 0.1) is 0 Å². The first-order valence-electron chi connectivity index (χ1n) is 5.32. The summed E-state index contributed by atoms with van der Waals surface area (Å²) in [5, 5.41) is 5.33. The summed E-state index contributed by atoms with van der Waals surface area (Å²) < 4.78 is 5.39. The van der Waals surface area contributed by atoms with Gasteiger partial charge in [-0.15, -0.1) is 0 Å². The third-order valence-electron chi connectivity index (χ3n) is 2.60. The maximum Gasteiger partial charge on any atom is 0.304 e. The van der Waals surface area contributed by atoms with Gasteiger partial charge < -0.3 is 15.0 Å². The molecule has 1 aromatic rings. The van der Waals surface area contributed by atoms with E-state index in [-0.39, 0.29) is 4.87 Å². The maximum absolute atomic E-state index is 10.9. The average molecular weight is 228 g/mol. The Balaban J connectivity index is 1.79. The van der Waals surface area contributed by atoms with E-state index in [0.717, 1.165) is 44.7 Å². The Hall–Kier alpha value is -0.650. The second-order valence-corrected chi connectivity index (χ2v) is 4.64. The number of ether oxygens (including phenoxy) is 1. The van der Waals surface area contributed by atoms with Gasteiger partial charge in [-0.3, -0.25) is 4.79 Å². The van der Waals surface area contributed by atoms with Gasteiger partial charge in [-0.1, -0.05) is 11.3 Å². The van der Waals surface area contributed by atoms with Crippen LogP contribution in [-0.4, -0.2) is 24.2 Å². The number of aromatic nitrogens is 1. The SMILES string of the molecule is O=c1[nH]c(CNC2CCCOCC2)cs1. The largest absolute Gasteiger partial charge is 0.381 e. The van der Waals surface area contributed by atoms with Gasteiger partial charge in [0.25, 0.3) is 0 Å². The summed E-state index contributed by atoms with van der Waals surface area (Å²) in [6, 6.07) is 0.524. The number of aromatic amines is 1. The van der Waals surface area contributed by atoms with Crippen molar-refractivity contribution in [3.05, 3.63) is 20.7 Å². The highest BCUT2D eigenvalue weighted by Gasteiger charge is 2.11. The second kappa shape index (κ2) is 5.44. The number of thiazole rings is 1. The fraction of sp³-hybridized carbons (Fsp3) is 0.700. The van der Waals surface area contributed by atoms with Crippen LogP contribution in [0.1, 0.15) is 25.0 Å². The van der Waals surface area contributed by atoms with E-state index in [1.54, 1.807) is 0 Å². The number of hydrogen-bond donors (Lipinski definition) is 2. The lowest BCUT2D eigenvalue weighted by molar-refractivity contribution is 0.142. The van der Waals surface area contributed by atoms with Crippen LogP contribution in [0.2, 0.25) is 0 Å². The number of H-pyrrole nitrogens is 1. The van der Waals surface area contributed by atoms with E-state index in [1.165, 1.54) is 11.3 Å². The monoisotopic (exact) mass is 228 g/mol. The Morgan fingerprint density at radius 3 is 3.27 bits per heavy atom. The third-order valence-corrected chi connectivity index (χ3v) is 3.32. The van der Waals surface area contributed by atoms with Crippen LogP contribution >= 0.6 is 11.3 Å². The molecular weight excluding hydrogens is 212 g/mol. The molecule has 5 heteroatoms. The summed E-state index contributed by atoms with van der Waals surface area (Å²) in [7, 11) is 0. The van der Waals surface area contributed by atoms with E-state index < -0.39 is 0 Å². The van der Waals surface area contributed by atoms with E-state index in [1.807, 2.05) is 5.38 Å². The van der Waals surface area contributed by atoms with Crippen molar-refractivity contribution in [3.63, 3.8) is 0 Å². The molecule has 0 saturated carbocycles. The van der Waals surface area contributed by atoms with Crippen LogP contribution in [0.5, 0.6) is 0 Å². The van der Waals surface area contributed by atoms with Crippen LogP contribution in [0.4, 0.5) is 0 Å². The molecule has 0 radical (unpaired) electrons. The van der Waals surface area contributed by atoms with Crippen molar-refractivity contribution in [2.75, 3.05) is 13.2 Å². The molecule has 0 bridgehead atoms. The highest BCUT2D eigenvalue weighted by molar-refractivity contribution is 7.07. The lowest BCUT2D eigenvalue weighted by Crippen LogP contribution is -2.29. The van der Waals surface area contributed by atoms with Gasteiger partial charge in [0, 0.05) is 36.9 Å². The zero-order valence-corrected chi connectivity index (χ0v) is 9.44. The molecule has 2 N–H and O–H groups in total. The molecule has 0 aliphatic carbocycles. The van der Waals surface area contributed by atoms with E-state index in [9.17, 15) is 4.79 Å². The second-order valence-electron chi connectivity index (χ2n) is 3.79. The summed E-state index contributed by atoms with van der Waals surface area (Å²) >= 11 is 1.22. The Labute approximate surface area is 92.7 Å². The van der Waals surface area contributed by atoms with Crippen molar-refractivity contribution >= 4 is 11.3 Å². The van der Waals surface area contributed by atoms with Gasteiger partial charge >= 0.3 is 4.87 Å². The topological polar surface area (TPSA) is 54.1 Å². The number of hydrogen-bond acceptors (Lipinski definition) is 4. The Morgan fingerprint density at radius 1 is 1.53 bits per heavy atom. The Kier molecular flexibility index (Phi) is 3.94. The molecule has 1 unspecified atom stereocenters. The van der Waals surface area contributed by atoms with Crippen molar-refractivity contribution < 1.29 is 4.74 Å². The molecule has 1 aliphatic rings. The van der Waals surface area contributed by atoms with E-state index in [0.29, 0.717) is 6.04 Å². The Morgan fingerprint density at radius 2 is 2.47 bits per heavy atom. The van der Waals surface area contributed by atoms with Crippen LogP contribution < -0.4 is 10.2 Å². The van der Waals surface area contributed by atoms with Crippen molar-refractivity contribution in [1.82, 2.24) is 10.3 Å². The molecule has 2 heterocycles. The minimum atomic E-state index is 0.0241. The third kappa shape index (κ3) is 3.44. The standard InChI is InChI=1S/C10H16N2O2S/c13-10-12-9(7-15-10)6-11-8-2-1-4-14-5-3-8/h7-8,11H,1-6H2,(H,12,13). The first-order valence-corrected chi connectivity index (χ1v) is 6.20. The first kappa shape index (κ1) is 10.9. The summed E-state index contributed by atoms with van der Waals surface area (Å²) in [6.07, 6.45) is 3.35. The molecule has 1 aromatic heterocycles. The van der Waals surface area contributed by atoms with Gasteiger partial charge in [-0.05, 0) is 19.3 Å². The molecule has 2 rings (SSSR count). The van der Waals surface area contributed by atoms with Gasteiger partial charge in [0.2, 0.25) is 0 Å². The molecule has 0 spiro atoms. The summed E-state index contributed by atoms with van der Waals surface area (Å²) in [5.74, 6) is 0. The Bertz CT molecular complexity index is 339. The smallest absolute Gasteiger partial charge is 0.304 e. The van der Waals surface area contributed by atoms with E-state index in [2.05, 4.69) is 10.3 Å². The number of rotatable bonds is 3. The number of nitrogens with one attached hydrogen (secondary N) is 2. The van der Waals surface area contributed by atoms with Crippen LogP contribution in [-0.2, 0) is 11.3 Å². The van der Waals surface area contributed by atoms with Gasteiger partial charge in [-0.2, -0.15) is 0 Å². The molecule has 0 aromatic carbocycles. The summed E-state index contributed by atoms with van der Waals surface area (Å²) in [6.45, 7) is 2.48. The minimum Gasteiger partial charge on any atom is -0.381 e. The summed E-state index contributed by atoms with van der Waals surface area (Å²) in [4.78, 5) is 13.7. The molecule has 1 aliphatic heterocycles. The zero-order valence-electron chi connectivity index (χ0n) is 8.62. The molecule has 15 heavy (non-hydrogen) atoms. The van der Waals surface area contributed by atoms with Crippen molar-refractivity contribution in [2.45, 2.75) is 31.8 Å². The average Bonchev–Trinajstić information content (AvgIpc) is 2.52. The van der Waals surface area contributed by atoms with Crippen LogP contribution in [0.15, 0.2) is 10.2 Å². The molecule has 4 nitrogen and oxygen atoms in total. The maximum atomic E-state index is 10.9. The molecule has 1 saturated heterocycles. The predicted molar refractivity (Wildman–Crippen MR) is 60.2 cm³/mol. The lowest BCUT2D eigenvalue weighted by Gasteiger charge is -2.14. The van der Waals surface area contributed by atoms with Crippen molar-refractivity contribution in [2.24, 2.45) is 0 Å². The van der Waals surface area contributed by atoms with Crippen LogP contribution in [0.25, 0.3) is 0 Å². The molecule has 0 amide bonds. The van der Waals surface area contributed by atoms with E-state index in [4.69, 9.17) is 4.74 Å². The predicted octanol–water partition coefficient (Wildman–Crippen LogP) is 1.10.